The summed E-state index contributed by atoms with van der Waals surface area (Å²) >= 11 is 0. The van der Waals surface area contributed by atoms with Crippen LogP contribution in [0.3, 0.4) is 0 Å². The van der Waals surface area contributed by atoms with E-state index >= 15 is 0 Å². The fourth-order valence-corrected chi connectivity index (χ4v) is 1.79. The highest BCUT2D eigenvalue weighted by Crippen LogP contribution is 2.22. The number of benzene rings is 1. The Hall–Kier alpha value is -2.10. The Kier molecular flexibility index (Phi) is 4.34. The van der Waals surface area contributed by atoms with Crippen molar-refractivity contribution in [1.29, 1.82) is 0 Å². The SMILES string of the molecule is Cc1cc(OC(C)C)ccc1NCc1ccncn1. The van der Waals surface area contributed by atoms with Crippen LogP contribution >= 0.6 is 0 Å². The molecule has 0 aliphatic rings. The highest BCUT2D eigenvalue weighted by Gasteiger charge is 2.03. The van der Waals surface area contributed by atoms with E-state index in [4.69, 9.17) is 4.74 Å². The standard InChI is InChI=1S/C15H19N3O/c1-11(2)19-14-4-5-15(12(3)8-14)17-9-13-6-7-16-10-18-13/h4-8,10-11,17H,9H2,1-3H3. The first-order chi connectivity index (χ1) is 9.15. The Labute approximate surface area is 113 Å². The number of ether oxygens (including phenoxy) is 1. The molecule has 0 amide bonds. The van der Waals surface area contributed by atoms with Crippen molar-refractivity contribution in [2.24, 2.45) is 0 Å². The monoisotopic (exact) mass is 257 g/mol. The van der Waals surface area contributed by atoms with Crippen molar-refractivity contribution in [3.05, 3.63) is 48.0 Å². The molecule has 100 valence electrons. The van der Waals surface area contributed by atoms with E-state index < -0.39 is 0 Å². The zero-order valence-electron chi connectivity index (χ0n) is 11.6. The maximum Gasteiger partial charge on any atom is 0.120 e. The molecule has 0 fully saturated rings. The second kappa shape index (κ2) is 6.18. The minimum Gasteiger partial charge on any atom is -0.491 e. The normalized spacial score (nSPS) is 10.5. The van der Waals surface area contributed by atoms with Crippen LogP contribution in [0.5, 0.6) is 5.75 Å². The topological polar surface area (TPSA) is 47.0 Å². The Balaban J connectivity index is 2.01. The van der Waals surface area contributed by atoms with Crippen LogP contribution in [0.2, 0.25) is 0 Å². The molecule has 0 saturated heterocycles. The molecule has 0 aliphatic carbocycles. The maximum absolute atomic E-state index is 5.66. The molecule has 1 aromatic carbocycles. The van der Waals surface area contributed by atoms with Crippen molar-refractivity contribution in [2.75, 3.05) is 5.32 Å². The molecule has 2 aromatic rings. The van der Waals surface area contributed by atoms with Crippen molar-refractivity contribution < 1.29 is 4.74 Å². The number of rotatable bonds is 5. The Bertz CT molecular complexity index is 526. The van der Waals surface area contributed by atoms with E-state index in [1.54, 1.807) is 12.5 Å². The Morgan fingerprint density at radius 2 is 2.11 bits per heavy atom. The summed E-state index contributed by atoms with van der Waals surface area (Å²) in [6.07, 6.45) is 3.50. The first-order valence-corrected chi connectivity index (χ1v) is 6.41. The van der Waals surface area contributed by atoms with Gasteiger partial charge in [0.15, 0.2) is 0 Å². The maximum atomic E-state index is 5.66. The van der Waals surface area contributed by atoms with E-state index in [9.17, 15) is 0 Å². The predicted octanol–water partition coefficient (Wildman–Crippen LogP) is 3.18. The van der Waals surface area contributed by atoms with Gasteiger partial charge in [0.1, 0.15) is 12.1 Å². The molecule has 4 nitrogen and oxygen atoms in total. The van der Waals surface area contributed by atoms with Gasteiger partial charge < -0.3 is 10.1 Å². The van der Waals surface area contributed by atoms with Crippen LogP contribution in [-0.4, -0.2) is 16.1 Å². The molecule has 0 bridgehead atoms. The number of aromatic nitrogens is 2. The minimum atomic E-state index is 0.194. The van der Waals surface area contributed by atoms with Gasteiger partial charge in [0, 0.05) is 11.9 Å². The zero-order valence-corrected chi connectivity index (χ0v) is 11.6. The lowest BCUT2D eigenvalue weighted by Gasteiger charge is -2.13. The van der Waals surface area contributed by atoms with E-state index in [1.807, 2.05) is 38.1 Å². The summed E-state index contributed by atoms with van der Waals surface area (Å²) in [5.41, 5.74) is 3.22. The molecule has 2 rings (SSSR count). The molecule has 4 heteroatoms. The molecule has 0 spiro atoms. The van der Waals surface area contributed by atoms with Gasteiger partial charge in [-0.05, 0) is 50.6 Å². The van der Waals surface area contributed by atoms with Gasteiger partial charge in [-0.1, -0.05) is 0 Å². The van der Waals surface area contributed by atoms with E-state index in [1.165, 1.54) is 0 Å². The van der Waals surface area contributed by atoms with Crippen molar-refractivity contribution in [1.82, 2.24) is 9.97 Å². The van der Waals surface area contributed by atoms with Crippen LogP contribution in [0, 0.1) is 6.92 Å². The number of nitrogens with zero attached hydrogens (tertiary/aromatic N) is 2. The second-order valence-corrected chi connectivity index (χ2v) is 4.70. The quantitative estimate of drug-likeness (QED) is 0.893. The van der Waals surface area contributed by atoms with Gasteiger partial charge in [-0.25, -0.2) is 9.97 Å². The average Bonchev–Trinajstić information content (AvgIpc) is 2.38. The first-order valence-electron chi connectivity index (χ1n) is 6.41. The third-order valence-electron chi connectivity index (χ3n) is 2.67. The Morgan fingerprint density at radius 3 is 2.74 bits per heavy atom. The van der Waals surface area contributed by atoms with Gasteiger partial charge >= 0.3 is 0 Å². The van der Waals surface area contributed by atoms with Crippen LogP contribution in [-0.2, 0) is 6.54 Å². The lowest BCUT2D eigenvalue weighted by molar-refractivity contribution is 0.242. The summed E-state index contributed by atoms with van der Waals surface area (Å²) in [5.74, 6) is 0.903. The van der Waals surface area contributed by atoms with Crippen molar-refractivity contribution in [3.8, 4) is 5.75 Å². The minimum absolute atomic E-state index is 0.194. The molecule has 0 unspecified atom stereocenters. The zero-order chi connectivity index (χ0) is 13.7. The summed E-state index contributed by atoms with van der Waals surface area (Å²) in [7, 11) is 0. The molecular weight excluding hydrogens is 238 g/mol. The third-order valence-corrected chi connectivity index (χ3v) is 2.67. The summed E-state index contributed by atoms with van der Waals surface area (Å²) in [6, 6.07) is 7.96. The van der Waals surface area contributed by atoms with Crippen LogP contribution in [0.4, 0.5) is 5.69 Å². The predicted molar refractivity (Wildman–Crippen MR) is 76.3 cm³/mol. The van der Waals surface area contributed by atoms with Gasteiger partial charge in [-0.15, -0.1) is 0 Å². The third kappa shape index (κ3) is 3.95. The number of hydrogen-bond acceptors (Lipinski definition) is 4. The van der Waals surface area contributed by atoms with Crippen LogP contribution in [0.15, 0.2) is 36.8 Å². The van der Waals surface area contributed by atoms with Gasteiger partial charge in [-0.3, -0.25) is 0 Å². The van der Waals surface area contributed by atoms with Crippen molar-refractivity contribution in [2.45, 2.75) is 33.4 Å². The van der Waals surface area contributed by atoms with Crippen molar-refractivity contribution in [3.63, 3.8) is 0 Å². The lowest BCUT2D eigenvalue weighted by Crippen LogP contribution is -2.06. The van der Waals surface area contributed by atoms with E-state index in [0.717, 1.165) is 22.7 Å². The highest BCUT2D eigenvalue weighted by molar-refractivity contribution is 5.53. The Morgan fingerprint density at radius 1 is 1.26 bits per heavy atom. The molecule has 0 atom stereocenters. The number of hydrogen-bond donors (Lipinski definition) is 1. The van der Waals surface area contributed by atoms with Crippen LogP contribution in [0.25, 0.3) is 0 Å². The summed E-state index contributed by atoms with van der Waals surface area (Å²) in [4.78, 5) is 8.08. The van der Waals surface area contributed by atoms with E-state index in [0.29, 0.717) is 6.54 Å². The fourth-order valence-electron chi connectivity index (χ4n) is 1.79. The van der Waals surface area contributed by atoms with Crippen molar-refractivity contribution >= 4 is 5.69 Å². The van der Waals surface area contributed by atoms with Gasteiger partial charge in [0.25, 0.3) is 0 Å². The lowest BCUT2D eigenvalue weighted by atomic mass is 10.2. The molecule has 0 aliphatic heterocycles. The number of nitrogens with one attached hydrogen (secondary N) is 1. The van der Waals surface area contributed by atoms with Gasteiger partial charge in [0.05, 0.1) is 18.3 Å². The molecule has 1 N–H and O–H groups in total. The van der Waals surface area contributed by atoms with E-state index in [-0.39, 0.29) is 6.10 Å². The first kappa shape index (κ1) is 13.3. The molecule has 19 heavy (non-hydrogen) atoms. The molecular formula is C15H19N3O. The van der Waals surface area contributed by atoms with Gasteiger partial charge in [0.2, 0.25) is 0 Å². The van der Waals surface area contributed by atoms with Gasteiger partial charge in [-0.2, -0.15) is 0 Å². The summed E-state index contributed by atoms with van der Waals surface area (Å²) < 4.78 is 5.66. The summed E-state index contributed by atoms with van der Waals surface area (Å²) in [5, 5.41) is 3.36. The van der Waals surface area contributed by atoms with E-state index in [2.05, 4.69) is 22.2 Å². The largest absolute Gasteiger partial charge is 0.491 e. The molecule has 1 aromatic heterocycles. The molecule has 0 saturated carbocycles. The number of anilines is 1. The van der Waals surface area contributed by atoms with Crippen LogP contribution in [0.1, 0.15) is 25.1 Å². The summed E-state index contributed by atoms with van der Waals surface area (Å²) in [6.45, 7) is 6.80. The number of aryl methyl sites for hydroxylation is 1. The highest BCUT2D eigenvalue weighted by atomic mass is 16.5. The average molecular weight is 257 g/mol. The molecule has 1 heterocycles. The fraction of sp³-hybridized carbons (Fsp3) is 0.333. The second-order valence-electron chi connectivity index (χ2n) is 4.70. The molecule has 0 radical (unpaired) electrons. The smallest absolute Gasteiger partial charge is 0.120 e. The van der Waals surface area contributed by atoms with Crippen LogP contribution < -0.4 is 10.1 Å².